The first-order chi connectivity index (χ1) is 16.0. The van der Waals surface area contributed by atoms with Crippen LogP contribution in [0.2, 0.25) is 0 Å². The van der Waals surface area contributed by atoms with Gasteiger partial charge in [-0.2, -0.15) is 0 Å². The Hall–Kier alpha value is -2.85. The Morgan fingerprint density at radius 2 is 1.09 bits per heavy atom. The topological polar surface area (TPSA) is 261 Å². The molecule has 0 aromatic carbocycles. The third-order valence-electron chi connectivity index (χ3n) is 4.99. The number of nitrogens with two attached hydrogens (primary N) is 1. The van der Waals surface area contributed by atoms with Crippen molar-refractivity contribution in [1.82, 2.24) is 21.3 Å². The molecule has 0 aliphatic rings. The number of aliphatic hydroxyl groups is 4. The van der Waals surface area contributed by atoms with Crippen molar-refractivity contribution >= 4 is 29.6 Å². The van der Waals surface area contributed by atoms with Gasteiger partial charge in [-0.1, -0.05) is 13.8 Å². The van der Waals surface area contributed by atoms with Crippen LogP contribution in [0.15, 0.2) is 0 Å². The van der Waals surface area contributed by atoms with E-state index in [0.717, 1.165) is 6.92 Å². The molecule has 35 heavy (non-hydrogen) atoms. The molecule has 11 N–H and O–H groups in total. The molecule has 0 aliphatic heterocycles. The molecule has 0 spiro atoms. The first-order valence-corrected chi connectivity index (χ1v) is 10.9. The minimum absolute atomic E-state index is 0.498. The molecule has 0 aromatic heterocycles. The highest BCUT2D eigenvalue weighted by atomic mass is 16.4. The number of hydrogen-bond acceptors (Lipinski definition) is 10. The molecule has 0 aliphatic carbocycles. The van der Waals surface area contributed by atoms with Gasteiger partial charge in [-0.25, -0.2) is 4.79 Å². The monoisotopic (exact) mass is 507 g/mol. The summed E-state index contributed by atoms with van der Waals surface area (Å²) in [6.07, 6.45) is -4.17. The molecule has 15 heteroatoms. The zero-order valence-electron chi connectivity index (χ0n) is 20.3. The van der Waals surface area contributed by atoms with E-state index in [1.54, 1.807) is 13.8 Å². The zero-order chi connectivity index (χ0) is 27.6. The van der Waals surface area contributed by atoms with Crippen LogP contribution in [0.5, 0.6) is 0 Å². The molecular weight excluding hydrogens is 470 g/mol. The fourth-order valence-corrected chi connectivity index (χ4v) is 2.75. The fourth-order valence-electron chi connectivity index (χ4n) is 2.75. The Labute approximate surface area is 202 Å². The first-order valence-electron chi connectivity index (χ1n) is 10.9. The number of amides is 4. The molecule has 0 rings (SSSR count). The summed E-state index contributed by atoms with van der Waals surface area (Å²) in [5, 5.41) is 56.2. The van der Waals surface area contributed by atoms with Crippen LogP contribution in [0.1, 0.15) is 34.6 Å². The van der Waals surface area contributed by atoms with Gasteiger partial charge in [0.05, 0.1) is 24.9 Å². The molecule has 0 bridgehead atoms. The number of carbonyl (C=O) groups excluding carboxylic acids is 4. The molecule has 0 radical (unpaired) electrons. The number of carboxylic acids is 1. The van der Waals surface area contributed by atoms with Gasteiger partial charge in [0.2, 0.25) is 23.6 Å². The molecule has 0 heterocycles. The van der Waals surface area contributed by atoms with Gasteiger partial charge in [0.25, 0.3) is 0 Å². The van der Waals surface area contributed by atoms with Crippen molar-refractivity contribution in [3.63, 3.8) is 0 Å². The van der Waals surface area contributed by atoms with Gasteiger partial charge in [-0.05, 0) is 26.7 Å². The molecule has 8 atom stereocenters. The van der Waals surface area contributed by atoms with Crippen molar-refractivity contribution in [1.29, 1.82) is 0 Å². The Kier molecular flexibility index (Phi) is 13.3. The Morgan fingerprint density at radius 1 is 0.657 bits per heavy atom. The summed E-state index contributed by atoms with van der Waals surface area (Å²) in [5.74, 6) is -5.98. The SMILES string of the molecule is CC(C)[C@H](NC(=O)[C@@H](N)[C@@H](C)O)C(=O)N[C@H](C(=O)N[C@@H](CO)C(=O)N[C@H](C(=O)O)[C@@H](C)O)[C@@H](C)O. The summed E-state index contributed by atoms with van der Waals surface area (Å²) in [4.78, 5) is 61.1. The molecule has 0 fully saturated rings. The number of aliphatic carboxylic acids is 1. The minimum Gasteiger partial charge on any atom is -0.480 e. The van der Waals surface area contributed by atoms with Gasteiger partial charge < -0.3 is 52.5 Å². The van der Waals surface area contributed by atoms with Crippen LogP contribution in [0.25, 0.3) is 0 Å². The third kappa shape index (κ3) is 10.1. The first kappa shape index (κ1) is 32.1. The second kappa shape index (κ2) is 14.5. The molecule has 0 saturated carbocycles. The van der Waals surface area contributed by atoms with Crippen LogP contribution < -0.4 is 27.0 Å². The number of nitrogens with one attached hydrogen (secondary N) is 4. The Bertz CT molecular complexity index is 759. The second-order valence-corrected chi connectivity index (χ2v) is 8.53. The quantitative estimate of drug-likeness (QED) is 0.106. The molecule has 0 aromatic rings. The maximum absolute atomic E-state index is 12.8. The van der Waals surface area contributed by atoms with Crippen LogP contribution in [0.3, 0.4) is 0 Å². The smallest absolute Gasteiger partial charge is 0.328 e. The van der Waals surface area contributed by atoms with E-state index in [2.05, 4.69) is 16.0 Å². The standard InChI is InChI=1S/C20H37N5O10/c1-7(2)13(23-17(31)12(21)8(3)27)18(32)24-14(9(4)28)19(33)22-11(6-26)16(30)25-15(10(5)29)20(34)35/h7-15,26-29H,6,21H2,1-5H3,(H,22,33)(H,23,31)(H,24,32)(H,25,30)(H,34,35)/t8-,9-,10-,11+,12+,13+,14+,15+/m1/s1. The van der Waals surface area contributed by atoms with Gasteiger partial charge in [0.1, 0.15) is 24.2 Å². The fraction of sp³-hybridized carbons (Fsp3) is 0.750. The average Bonchev–Trinajstić information content (AvgIpc) is 2.75. The van der Waals surface area contributed by atoms with E-state index in [4.69, 9.17) is 10.8 Å². The molecule has 0 unspecified atom stereocenters. The summed E-state index contributed by atoms with van der Waals surface area (Å²) in [7, 11) is 0. The van der Waals surface area contributed by atoms with Gasteiger partial charge in [-0.3, -0.25) is 19.2 Å². The van der Waals surface area contributed by atoms with Crippen molar-refractivity contribution in [3.8, 4) is 0 Å². The number of carboxylic acid groups (broad SMARTS) is 1. The Balaban J connectivity index is 5.49. The summed E-state index contributed by atoms with van der Waals surface area (Å²) < 4.78 is 0. The molecule has 0 saturated heterocycles. The lowest BCUT2D eigenvalue weighted by molar-refractivity contribution is -0.145. The van der Waals surface area contributed by atoms with E-state index in [9.17, 15) is 44.4 Å². The average molecular weight is 508 g/mol. The largest absolute Gasteiger partial charge is 0.480 e. The highest BCUT2D eigenvalue weighted by Gasteiger charge is 2.35. The summed E-state index contributed by atoms with van der Waals surface area (Å²) in [6.45, 7) is 5.77. The van der Waals surface area contributed by atoms with Crippen molar-refractivity contribution in [2.75, 3.05) is 6.61 Å². The van der Waals surface area contributed by atoms with Crippen LogP contribution in [-0.2, 0) is 24.0 Å². The molecular formula is C20H37N5O10. The van der Waals surface area contributed by atoms with Gasteiger partial charge in [0.15, 0.2) is 6.04 Å². The predicted molar refractivity (Wildman–Crippen MR) is 120 cm³/mol. The second-order valence-electron chi connectivity index (χ2n) is 8.53. The van der Waals surface area contributed by atoms with E-state index in [0.29, 0.717) is 0 Å². The molecule has 202 valence electrons. The van der Waals surface area contributed by atoms with E-state index >= 15 is 0 Å². The van der Waals surface area contributed by atoms with E-state index in [1.165, 1.54) is 13.8 Å². The van der Waals surface area contributed by atoms with Crippen molar-refractivity contribution in [2.24, 2.45) is 11.7 Å². The van der Waals surface area contributed by atoms with Crippen molar-refractivity contribution in [2.45, 2.75) is 83.1 Å². The lowest BCUT2D eigenvalue weighted by Crippen LogP contribution is -2.62. The highest BCUT2D eigenvalue weighted by Crippen LogP contribution is 2.06. The summed E-state index contributed by atoms with van der Waals surface area (Å²) in [5.41, 5.74) is 5.56. The molecule has 15 nitrogen and oxygen atoms in total. The number of rotatable bonds is 14. The third-order valence-corrected chi connectivity index (χ3v) is 4.99. The Morgan fingerprint density at radius 3 is 1.46 bits per heavy atom. The van der Waals surface area contributed by atoms with Crippen molar-refractivity contribution < 1.29 is 49.5 Å². The van der Waals surface area contributed by atoms with Gasteiger partial charge in [-0.15, -0.1) is 0 Å². The lowest BCUT2D eigenvalue weighted by Gasteiger charge is -2.28. The maximum atomic E-state index is 12.8. The highest BCUT2D eigenvalue weighted by molar-refractivity contribution is 5.95. The maximum Gasteiger partial charge on any atom is 0.328 e. The number of aliphatic hydroxyl groups excluding tert-OH is 4. The van der Waals surface area contributed by atoms with Crippen LogP contribution in [0, 0.1) is 5.92 Å². The lowest BCUT2D eigenvalue weighted by atomic mass is 10.0. The minimum atomic E-state index is -1.72. The predicted octanol–water partition coefficient (Wildman–Crippen LogP) is -4.87. The number of hydrogen-bond donors (Lipinski definition) is 10. The van der Waals surface area contributed by atoms with Crippen LogP contribution >= 0.6 is 0 Å². The van der Waals surface area contributed by atoms with Gasteiger partial charge in [0, 0.05) is 0 Å². The van der Waals surface area contributed by atoms with Gasteiger partial charge >= 0.3 is 5.97 Å². The van der Waals surface area contributed by atoms with Crippen LogP contribution in [0.4, 0.5) is 0 Å². The van der Waals surface area contributed by atoms with E-state index in [1.807, 2.05) is 5.32 Å². The van der Waals surface area contributed by atoms with Crippen LogP contribution in [-0.4, -0.2) is 110 Å². The molecule has 4 amide bonds. The van der Waals surface area contributed by atoms with E-state index in [-0.39, 0.29) is 0 Å². The van der Waals surface area contributed by atoms with E-state index < -0.39 is 90.6 Å². The summed E-state index contributed by atoms with van der Waals surface area (Å²) >= 11 is 0. The zero-order valence-corrected chi connectivity index (χ0v) is 20.3. The normalized spacial score (nSPS) is 18.1. The number of carbonyl (C=O) groups is 5. The van der Waals surface area contributed by atoms with Crippen molar-refractivity contribution in [3.05, 3.63) is 0 Å². The summed E-state index contributed by atoms with van der Waals surface area (Å²) in [6, 6.07) is -7.56.